The van der Waals surface area contributed by atoms with Crippen molar-refractivity contribution in [3.8, 4) is 12.3 Å². The van der Waals surface area contributed by atoms with Crippen LogP contribution in [-0.2, 0) is 4.79 Å². The second-order valence-electron chi connectivity index (χ2n) is 5.15. The molecule has 3 N–H and O–H groups in total. The van der Waals surface area contributed by atoms with E-state index in [4.69, 9.17) is 6.42 Å². The molecular weight excluding hydrogens is 318 g/mol. The quantitative estimate of drug-likeness (QED) is 0.733. The number of carbonyl (C=O) groups excluding carboxylic acids is 3. The fourth-order valence-electron chi connectivity index (χ4n) is 2.15. The molecule has 0 aliphatic carbocycles. The predicted octanol–water partition coefficient (Wildman–Crippen LogP) is 2.26. The summed E-state index contributed by atoms with van der Waals surface area (Å²) in [6.45, 7) is 1.48. The fraction of sp³-hybridized carbons (Fsp3) is 0.105. The first-order valence-corrected chi connectivity index (χ1v) is 7.51. The molecule has 2 aromatic rings. The summed E-state index contributed by atoms with van der Waals surface area (Å²) < 4.78 is 0. The molecule has 0 heterocycles. The number of benzene rings is 2. The number of anilines is 2. The van der Waals surface area contributed by atoms with Crippen molar-refractivity contribution < 1.29 is 14.4 Å². The summed E-state index contributed by atoms with van der Waals surface area (Å²) in [6, 6.07) is 13.1. The highest BCUT2D eigenvalue weighted by Gasteiger charge is 2.14. The van der Waals surface area contributed by atoms with E-state index >= 15 is 0 Å². The average molecular weight is 335 g/mol. The predicted molar refractivity (Wildman–Crippen MR) is 96.3 cm³/mol. The Kier molecular flexibility index (Phi) is 5.91. The van der Waals surface area contributed by atoms with Crippen LogP contribution >= 0.6 is 0 Å². The molecule has 0 saturated heterocycles. The van der Waals surface area contributed by atoms with E-state index in [0.717, 1.165) is 0 Å². The zero-order valence-corrected chi connectivity index (χ0v) is 13.6. The van der Waals surface area contributed by atoms with Gasteiger partial charge in [-0.25, -0.2) is 0 Å². The molecule has 0 aromatic heterocycles. The van der Waals surface area contributed by atoms with Gasteiger partial charge in [-0.2, -0.15) is 0 Å². The van der Waals surface area contributed by atoms with Crippen LogP contribution in [0, 0.1) is 12.3 Å². The minimum absolute atomic E-state index is 0.0971. The minimum atomic E-state index is -0.399. The van der Waals surface area contributed by atoms with Gasteiger partial charge in [0.05, 0.1) is 17.8 Å². The molecule has 0 unspecified atom stereocenters. The molecule has 0 fully saturated rings. The number of para-hydroxylation sites is 1. The molecule has 0 spiro atoms. The summed E-state index contributed by atoms with van der Waals surface area (Å²) in [7, 11) is 0. The van der Waals surface area contributed by atoms with Crippen molar-refractivity contribution in [1.82, 2.24) is 5.32 Å². The summed E-state index contributed by atoms with van der Waals surface area (Å²) >= 11 is 0. The number of terminal acetylenes is 1. The number of carbonyl (C=O) groups is 3. The van der Waals surface area contributed by atoms with Gasteiger partial charge in [-0.05, 0) is 30.3 Å². The van der Waals surface area contributed by atoms with Gasteiger partial charge in [-0.3, -0.25) is 14.4 Å². The van der Waals surface area contributed by atoms with Gasteiger partial charge in [-0.15, -0.1) is 6.42 Å². The number of nitrogens with one attached hydrogen (secondary N) is 3. The van der Waals surface area contributed by atoms with Crippen LogP contribution in [0.4, 0.5) is 11.4 Å². The third kappa shape index (κ3) is 4.94. The van der Waals surface area contributed by atoms with Gasteiger partial charge in [0.15, 0.2) is 0 Å². The molecule has 0 bridgehead atoms. The zero-order chi connectivity index (χ0) is 18.2. The molecule has 0 saturated carbocycles. The molecule has 6 nitrogen and oxygen atoms in total. The summed E-state index contributed by atoms with van der Waals surface area (Å²) in [5.74, 6) is 1.32. The maximum absolute atomic E-state index is 12.5. The van der Waals surface area contributed by atoms with Crippen LogP contribution < -0.4 is 16.0 Å². The van der Waals surface area contributed by atoms with Crippen LogP contribution in [0.1, 0.15) is 27.6 Å². The molecule has 2 rings (SSSR count). The molecule has 2 aromatic carbocycles. The van der Waals surface area contributed by atoms with Crippen molar-refractivity contribution in [2.24, 2.45) is 0 Å². The van der Waals surface area contributed by atoms with Crippen LogP contribution in [0.15, 0.2) is 48.5 Å². The number of amides is 3. The van der Waals surface area contributed by atoms with E-state index in [-0.39, 0.29) is 18.4 Å². The lowest BCUT2D eigenvalue weighted by Crippen LogP contribution is -2.25. The van der Waals surface area contributed by atoms with Crippen molar-refractivity contribution in [1.29, 1.82) is 0 Å². The van der Waals surface area contributed by atoms with Gasteiger partial charge in [0, 0.05) is 18.2 Å². The van der Waals surface area contributed by atoms with Crippen molar-refractivity contribution in [3.05, 3.63) is 59.7 Å². The highest BCUT2D eigenvalue weighted by molar-refractivity contribution is 6.09. The molecule has 0 aliphatic heterocycles. The van der Waals surface area contributed by atoms with E-state index in [1.807, 2.05) is 0 Å². The summed E-state index contributed by atoms with van der Waals surface area (Å²) in [6.07, 6.45) is 5.13. The average Bonchev–Trinajstić information content (AvgIpc) is 2.59. The SMILES string of the molecule is C#CCNC(=O)c1ccccc1NC(=O)c1cccc(NC(C)=O)c1. The Morgan fingerprint density at radius 2 is 1.76 bits per heavy atom. The Bertz CT molecular complexity index is 853. The third-order valence-electron chi connectivity index (χ3n) is 3.22. The van der Waals surface area contributed by atoms with Crippen LogP contribution in [0.3, 0.4) is 0 Å². The van der Waals surface area contributed by atoms with Gasteiger partial charge in [0.2, 0.25) is 5.91 Å². The van der Waals surface area contributed by atoms with Gasteiger partial charge >= 0.3 is 0 Å². The molecule has 3 amide bonds. The third-order valence-corrected chi connectivity index (χ3v) is 3.22. The maximum atomic E-state index is 12.5. The van der Waals surface area contributed by atoms with Crippen molar-refractivity contribution in [2.45, 2.75) is 6.92 Å². The maximum Gasteiger partial charge on any atom is 0.255 e. The Hall–Kier alpha value is -3.59. The Morgan fingerprint density at radius 3 is 2.48 bits per heavy atom. The first-order valence-electron chi connectivity index (χ1n) is 7.51. The highest BCUT2D eigenvalue weighted by Crippen LogP contribution is 2.17. The summed E-state index contributed by atoms with van der Waals surface area (Å²) in [5.41, 5.74) is 1.54. The molecule has 0 aliphatic rings. The second kappa shape index (κ2) is 8.31. The normalized spacial score (nSPS) is 9.60. The largest absolute Gasteiger partial charge is 0.341 e. The van der Waals surface area contributed by atoms with Crippen LogP contribution in [0.25, 0.3) is 0 Å². The summed E-state index contributed by atoms with van der Waals surface area (Å²) in [5, 5.41) is 7.87. The number of rotatable bonds is 5. The molecule has 0 atom stereocenters. The number of hydrogen-bond acceptors (Lipinski definition) is 3. The van der Waals surface area contributed by atoms with Crippen LogP contribution in [0.5, 0.6) is 0 Å². The Labute approximate surface area is 145 Å². The van der Waals surface area contributed by atoms with Gasteiger partial charge in [0.1, 0.15) is 0 Å². The number of hydrogen-bond donors (Lipinski definition) is 3. The van der Waals surface area contributed by atoms with E-state index in [1.165, 1.54) is 6.92 Å². The van der Waals surface area contributed by atoms with Crippen molar-refractivity contribution >= 4 is 29.1 Å². The van der Waals surface area contributed by atoms with Gasteiger partial charge < -0.3 is 16.0 Å². The van der Waals surface area contributed by atoms with E-state index in [2.05, 4.69) is 21.9 Å². The van der Waals surface area contributed by atoms with E-state index < -0.39 is 5.91 Å². The molecule has 126 valence electrons. The molecule has 6 heteroatoms. The smallest absolute Gasteiger partial charge is 0.255 e. The first-order chi connectivity index (χ1) is 12.0. The minimum Gasteiger partial charge on any atom is -0.341 e. The topological polar surface area (TPSA) is 87.3 Å². The summed E-state index contributed by atoms with van der Waals surface area (Å²) in [4.78, 5) is 35.7. The highest BCUT2D eigenvalue weighted by atomic mass is 16.2. The van der Waals surface area contributed by atoms with Crippen molar-refractivity contribution in [3.63, 3.8) is 0 Å². The first kappa shape index (κ1) is 17.8. The van der Waals surface area contributed by atoms with E-state index in [1.54, 1.807) is 48.5 Å². The lowest BCUT2D eigenvalue weighted by molar-refractivity contribution is -0.114. The Balaban J connectivity index is 2.20. The molecular formula is C19H17N3O3. The second-order valence-corrected chi connectivity index (χ2v) is 5.15. The van der Waals surface area contributed by atoms with Gasteiger partial charge in [0.25, 0.3) is 11.8 Å². The lowest BCUT2D eigenvalue weighted by Gasteiger charge is -2.11. The Morgan fingerprint density at radius 1 is 1.00 bits per heavy atom. The lowest BCUT2D eigenvalue weighted by atomic mass is 10.1. The zero-order valence-electron chi connectivity index (χ0n) is 13.6. The van der Waals surface area contributed by atoms with E-state index in [9.17, 15) is 14.4 Å². The van der Waals surface area contributed by atoms with Crippen molar-refractivity contribution in [2.75, 3.05) is 17.2 Å². The van der Waals surface area contributed by atoms with Gasteiger partial charge in [-0.1, -0.05) is 24.1 Å². The molecule has 25 heavy (non-hydrogen) atoms. The van der Waals surface area contributed by atoms with Crippen LogP contribution in [0.2, 0.25) is 0 Å². The van der Waals surface area contributed by atoms with E-state index in [0.29, 0.717) is 22.5 Å². The monoisotopic (exact) mass is 335 g/mol. The fourth-order valence-corrected chi connectivity index (χ4v) is 2.15. The molecule has 0 radical (unpaired) electrons. The standard InChI is InChI=1S/C19H17N3O3/c1-3-11-20-19(25)16-9-4-5-10-17(16)22-18(24)14-7-6-8-15(12-14)21-13(2)23/h1,4-10,12H,11H2,2H3,(H,20,25)(H,21,23)(H,22,24). The van der Waals surface area contributed by atoms with Crippen LogP contribution in [-0.4, -0.2) is 24.3 Å².